The zero-order valence-corrected chi connectivity index (χ0v) is 24.0. The Morgan fingerprint density at radius 3 is 2.55 bits per heavy atom. The Morgan fingerprint density at radius 2 is 1.82 bits per heavy atom. The molecule has 40 heavy (non-hydrogen) atoms. The number of aliphatic hydroxyl groups excluding tert-OH is 1. The fourth-order valence-corrected chi connectivity index (χ4v) is 4.64. The molecule has 0 radical (unpaired) electrons. The van der Waals surface area contributed by atoms with Gasteiger partial charge in [-0.3, -0.25) is 19.0 Å². The number of hydrogen-bond acceptors (Lipinski definition) is 6. The molecule has 0 aliphatic carbocycles. The van der Waals surface area contributed by atoms with Gasteiger partial charge < -0.3 is 21.5 Å². The number of aromatic nitrogens is 2. The number of carbonyl (C=O) groups excluding carboxylic acids is 2. The Bertz CT molecular complexity index is 1580. The minimum Gasteiger partial charge on any atom is -0.391 e. The van der Waals surface area contributed by atoms with Crippen LogP contribution in [0.3, 0.4) is 0 Å². The molecule has 9 nitrogen and oxygen atoms in total. The number of hydrogen-bond donors (Lipinski definition) is 4. The molecular formula is C29H29BrClN5O4. The van der Waals surface area contributed by atoms with Crippen molar-refractivity contribution in [3.05, 3.63) is 98.5 Å². The van der Waals surface area contributed by atoms with Crippen LogP contribution < -0.4 is 21.9 Å². The number of aliphatic hydroxyl groups is 1. The van der Waals surface area contributed by atoms with Gasteiger partial charge in [0.15, 0.2) is 0 Å². The monoisotopic (exact) mass is 625 g/mol. The van der Waals surface area contributed by atoms with E-state index in [1.807, 2.05) is 54.6 Å². The summed E-state index contributed by atoms with van der Waals surface area (Å²) in [6.45, 7) is 1.62. The molecule has 11 heteroatoms. The molecule has 0 unspecified atom stereocenters. The molecule has 208 valence electrons. The lowest BCUT2D eigenvalue weighted by Crippen LogP contribution is -2.49. The van der Waals surface area contributed by atoms with Crippen molar-refractivity contribution >= 4 is 50.2 Å². The number of aryl methyl sites for hydroxylation is 1. The second kappa shape index (κ2) is 13.2. The van der Waals surface area contributed by atoms with Crippen molar-refractivity contribution in [1.82, 2.24) is 20.2 Å². The maximum Gasteiger partial charge on any atom is 0.261 e. The predicted molar refractivity (Wildman–Crippen MR) is 159 cm³/mol. The van der Waals surface area contributed by atoms with Crippen LogP contribution in [0, 0.1) is 0 Å². The normalized spacial score (nSPS) is 13.4. The van der Waals surface area contributed by atoms with Gasteiger partial charge in [-0.2, -0.15) is 0 Å². The van der Waals surface area contributed by atoms with E-state index in [2.05, 4.69) is 31.5 Å². The van der Waals surface area contributed by atoms with Gasteiger partial charge in [-0.15, -0.1) is 0 Å². The lowest BCUT2D eigenvalue weighted by atomic mass is 9.99. The fraction of sp³-hybridized carbons (Fsp3) is 0.241. The molecule has 0 spiro atoms. The number of nitrogens with one attached hydrogen (secondary N) is 2. The molecule has 0 saturated carbocycles. The fourth-order valence-electron chi connectivity index (χ4n) is 4.14. The largest absolute Gasteiger partial charge is 0.391 e. The maximum absolute atomic E-state index is 12.9. The van der Waals surface area contributed by atoms with Crippen molar-refractivity contribution in [1.29, 1.82) is 0 Å². The van der Waals surface area contributed by atoms with Crippen LogP contribution in [0.15, 0.2) is 82.3 Å². The highest BCUT2D eigenvalue weighted by Gasteiger charge is 2.23. The van der Waals surface area contributed by atoms with E-state index in [0.29, 0.717) is 20.4 Å². The highest BCUT2D eigenvalue weighted by molar-refractivity contribution is 9.10. The van der Waals surface area contributed by atoms with E-state index in [0.717, 1.165) is 16.7 Å². The van der Waals surface area contributed by atoms with Gasteiger partial charge in [-0.05, 0) is 57.7 Å². The third kappa shape index (κ3) is 7.14. The number of rotatable bonds is 10. The molecular weight excluding hydrogens is 598 g/mol. The molecule has 1 heterocycles. The summed E-state index contributed by atoms with van der Waals surface area (Å²) >= 11 is 9.46. The summed E-state index contributed by atoms with van der Waals surface area (Å²) in [5, 5.41) is 16.2. The molecule has 4 rings (SSSR count). The Hall–Kier alpha value is -3.57. The third-order valence-corrected chi connectivity index (χ3v) is 7.68. The summed E-state index contributed by atoms with van der Waals surface area (Å²) < 4.78 is 1.99. The molecule has 3 aromatic carbocycles. The summed E-state index contributed by atoms with van der Waals surface area (Å²) in [4.78, 5) is 42.7. The number of fused-ring (bicyclic) bond motifs is 1. The van der Waals surface area contributed by atoms with Crippen LogP contribution in [0.5, 0.6) is 0 Å². The first-order valence-corrected chi connectivity index (χ1v) is 13.8. The van der Waals surface area contributed by atoms with Crippen molar-refractivity contribution in [2.24, 2.45) is 5.73 Å². The average molecular weight is 627 g/mol. The van der Waals surface area contributed by atoms with Crippen LogP contribution in [0.25, 0.3) is 22.0 Å². The Morgan fingerprint density at radius 1 is 1.10 bits per heavy atom. The van der Waals surface area contributed by atoms with Gasteiger partial charge in [-0.25, -0.2) is 4.98 Å². The smallest absolute Gasteiger partial charge is 0.261 e. The first-order valence-electron chi connectivity index (χ1n) is 12.6. The average Bonchev–Trinajstić information content (AvgIpc) is 2.96. The van der Waals surface area contributed by atoms with Crippen LogP contribution in [0.1, 0.15) is 24.9 Å². The summed E-state index contributed by atoms with van der Waals surface area (Å²) in [6, 6.07) is 18.8. The summed E-state index contributed by atoms with van der Waals surface area (Å²) in [5.41, 5.74) is 8.74. The Kier molecular flexibility index (Phi) is 9.70. The molecule has 5 N–H and O–H groups in total. The zero-order chi connectivity index (χ0) is 28.8. The van der Waals surface area contributed by atoms with Crippen molar-refractivity contribution in [3.8, 4) is 11.1 Å². The quantitative estimate of drug-likeness (QED) is 0.212. The molecule has 0 aliphatic rings. The number of carbonyl (C=O) groups is 2. The number of benzene rings is 3. The third-order valence-electron chi connectivity index (χ3n) is 6.48. The van der Waals surface area contributed by atoms with Crippen LogP contribution in [-0.4, -0.2) is 45.2 Å². The number of nitrogens with zero attached hydrogens (tertiary/aromatic N) is 2. The van der Waals surface area contributed by atoms with E-state index in [4.69, 9.17) is 17.3 Å². The van der Waals surface area contributed by atoms with E-state index < -0.39 is 24.1 Å². The summed E-state index contributed by atoms with van der Waals surface area (Å²) in [6.07, 6.45) is 0.360. The second-order valence-electron chi connectivity index (χ2n) is 9.40. The van der Waals surface area contributed by atoms with Crippen molar-refractivity contribution < 1.29 is 14.7 Å². The Balaban J connectivity index is 1.47. The highest BCUT2D eigenvalue weighted by atomic mass is 79.9. The second-order valence-corrected chi connectivity index (χ2v) is 10.7. The highest BCUT2D eigenvalue weighted by Crippen LogP contribution is 2.26. The van der Waals surface area contributed by atoms with Gasteiger partial charge >= 0.3 is 0 Å². The molecule has 0 saturated heterocycles. The lowest BCUT2D eigenvalue weighted by molar-refractivity contribution is -0.126. The van der Waals surface area contributed by atoms with E-state index in [9.17, 15) is 19.5 Å². The molecule has 0 fully saturated rings. The maximum atomic E-state index is 12.9. The van der Waals surface area contributed by atoms with Crippen LogP contribution >= 0.6 is 27.5 Å². The molecule has 0 bridgehead atoms. The standard InChI is InChI=1S/C29H29BrClN5O4/c1-17(37)27(32)28(39)35-25(20-9-5-8-19(12-20)18-6-3-2-4-7-18)15-33-26(38)10-11-36-16-34-24-14-22(30)23(31)13-21(24)29(36)40/h2-9,12-14,16-17,25,27,37H,10-11,15,32H2,1H3,(H,33,38)(H,35,39)/t17-,25-,27+/m1/s1. The van der Waals surface area contributed by atoms with E-state index in [1.165, 1.54) is 17.8 Å². The Labute approximate surface area is 244 Å². The zero-order valence-electron chi connectivity index (χ0n) is 21.7. The van der Waals surface area contributed by atoms with E-state index in [1.54, 1.807) is 12.1 Å². The number of nitrogens with two attached hydrogens (primary N) is 1. The van der Waals surface area contributed by atoms with E-state index in [-0.39, 0.29) is 31.0 Å². The topological polar surface area (TPSA) is 139 Å². The van der Waals surface area contributed by atoms with Crippen LogP contribution in [0.2, 0.25) is 5.02 Å². The molecule has 0 aliphatic heterocycles. The van der Waals surface area contributed by atoms with E-state index >= 15 is 0 Å². The molecule has 1 aromatic heterocycles. The van der Waals surface area contributed by atoms with Gasteiger partial charge in [0.1, 0.15) is 6.04 Å². The number of amides is 2. The molecule has 3 atom stereocenters. The minimum absolute atomic E-state index is 0.00919. The minimum atomic E-state index is -1.13. The lowest BCUT2D eigenvalue weighted by Gasteiger charge is -2.23. The molecule has 4 aromatic rings. The molecule has 2 amide bonds. The SMILES string of the molecule is C[C@@H](O)[C@H](N)C(=O)N[C@H](CNC(=O)CCn1cnc2cc(Br)c(Cl)cc2c1=O)c1cccc(-c2ccccc2)c1. The first-order chi connectivity index (χ1) is 19.1. The first kappa shape index (κ1) is 29.4. The predicted octanol–water partition coefficient (Wildman–Crippen LogP) is 3.55. The van der Waals surface area contributed by atoms with Crippen molar-refractivity contribution in [3.63, 3.8) is 0 Å². The van der Waals surface area contributed by atoms with Gasteiger partial charge in [-0.1, -0.05) is 60.1 Å². The van der Waals surface area contributed by atoms with Gasteiger partial charge in [0.05, 0.1) is 34.4 Å². The van der Waals surface area contributed by atoms with Crippen molar-refractivity contribution in [2.45, 2.75) is 38.1 Å². The summed E-state index contributed by atoms with van der Waals surface area (Å²) in [7, 11) is 0. The van der Waals surface area contributed by atoms with Crippen molar-refractivity contribution in [2.75, 3.05) is 6.54 Å². The van der Waals surface area contributed by atoms with Crippen LogP contribution in [-0.2, 0) is 16.1 Å². The van der Waals surface area contributed by atoms with Crippen LogP contribution in [0.4, 0.5) is 0 Å². The number of halogens is 2. The summed E-state index contributed by atoms with van der Waals surface area (Å²) in [5.74, 6) is -0.863. The van der Waals surface area contributed by atoms with Gasteiger partial charge in [0.2, 0.25) is 11.8 Å². The van der Waals surface area contributed by atoms with Gasteiger partial charge in [0.25, 0.3) is 5.56 Å². The van der Waals surface area contributed by atoms with Gasteiger partial charge in [0, 0.05) is 24.0 Å².